The first kappa shape index (κ1) is 19.8. The van der Waals surface area contributed by atoms with Gasteiger partial charge in [0.15, 0.2) is 11.6 Å². The van der Waals surface area contributed by atoms with Gasteiger partial charge in [-0.3, -0.25) is 14.3 Å². The van der Waals surface area contributed by atoms with Crippen LogP contribution in [0, 0.1) is 0 Å². The molecule has 9 heteroatoms. The van der Waals surface area contributed by atoms with Crippen LogP contribution < -0.4 is 4.72 Å². The summed E-state index contributed by atoms with van der Waals surface area (Å²) in [5, 5.41) is 0. The van der Waals surface area contributed by atoms with Gasteiger partial charge >= 0.3 is 6.18 Å². The van der Waals surface area contributed by atoms with Crippen LogP contribution in [0.3, 0.4) is 0 Å². The molecule has 0 spiro atoms. The fourth-order valence-electron chi connectivity index (χ4n) is 3.22. The zero-order valence-electron chi connectivity index (χ0n) is 15.0. The minimum atomic E-state index is -4.63. The van der Waals surface area contributed by atoms with Crippen molar-refractivity contribution in [3.63, 3.8) is 0 Å². The standard InChI is InChI=1S/C21H12F3NO4S/c22-21(23,24)12-4-3-5-13(10-12)25-30(28,29)14-8-9-17-18(11-14)20(27)16-7-2-1-6-15(16)19(17)26/h1-11,25H. The highest BCUT2D eigenvalue weighted by Crippen LogP contribution is 2.32. The van der Waals surface area contributed by atoms with E-state index >= 15 is 0 Å². The van der Waals surface area contributed by atoms with Crippen LogP contribution in [0.25, 0.3) is 0 Å². The Balaban J connectivity index is 1.72. The number of ketones is 2. The number of halogens is 3. The molecule has 0 bridgehead atoms. The molecule has 3 aromatic carbocycles. The zero-order chi connectivity index (χ0) is 21.7. The zero-order valence-corrected chi connectivity index (χ0v) is 15.8. The second-order valence-corrected chi connectivity index (χ2v) is 8.28. The lowest BCUT2D eigenvalue weighted by molar-refractivity contribution is -0.137. The molecule has 0 aromatic heterocycles. The second kappa shape index (κ2) is 6.81. The van der Waals surface area contributed by atoms with Crippen LogP contribution >= 0.6 is 0 Å². The van der Waals surface area contributed by atoms with Gasteiger partial charge in [-0.1, -0.05) is 30.3 Å². The summed E-state index contributed by atoms with van der Waals surface area (Å²) in [6.07, 6.45) is -4.63. The molecule has 0 fully saturated rings. The van der Waals surface area contributed by atoms with Gasteiger partial charge in [-0.05, 0) is 36.4 Å². The number of rotatable bonds is 3. The summed E-state index contributed by atoms with van der Waals surface area (Å²) in [6, 6.07) is 13.3. The van der Waals surface area contributed by atoms with E-state index in [0.717, 1.165) is 24.3 Å². The molecule has 0 amide bonds. The number of anilines is 1. The lowest BCUT2D eigenvalue weighted by Gasteiger charge is -2.18. The van der Waals surface area contributed by atoms with Crippen molar-refractivity contribution in [2.45, 2.75) is 11.1 Å². The molecule has 0 radical (unpaired) electrons. The minimum absolute atomic E-state index is 0.0664. The third-order valence-corrected chi connectivity index (χ3v) is 6.03. The molecule has 0 atom stereocenters. The predicted octanol–water partition coefficient (Wildman–Crippen LogP) is 4.28. The summed E-state index contributed by atoms with van der Waals surface area (Å²) >= 11 is 0. The smallest absolute Gasteiger partial charge is 0.289 e. The van der Waals surface area contributed by atoms with Gasteiger partial charge in [0.2, 0.25) is 0 Å². The number of nitrogens with one attached hydrogen (secondary N) is 1. The van der Waals surface area contributed by atoms with E-state index in [0.29, 0.717) is 6.07 Å². The third-order valence-electron chi connectivity index (χ3n) is 4.65. The van der Waals surface area contributed by atoms with E-state index in [-0.39, 0.29) is 32.8 Å². The summed E-state index contributed by atoms with van der Waals surface area (Å²) in [7, 11) is -4.31. The highest BCUT2D eigenvalue weighted by Gasteiger charge is 2.32. The van der Waals surface area contributed by atoms with Crippen molar-refractivity contribution in [1.29, 1.82) is 0 Å². The molecule has 30 heavy (non-hydrogen) atoms. The maximum absolute atomic E-state index is 12.9. The Morgan fingerprint density at radius 3 is 1.93 bits per heavy atom. The van der Waals surface area contributed by atoms with Crippen LogP contribution in [0.4, 0.5) is 18.9 Å². The van der Waals surface area contributed by atoms with E-state index < -0.39 is 33.3 Å². The second-order valence-electron chi connectivity index (χ2n) is 6.60. The molecule has 0 saturated carbocycles. The van der Waals surface area contributed by atoms with Crippen molar-refractivity contribution in [3.8, 4) is 0 Å². The number of hydrogen-bond acceptors (Lipinski definition) is 4. The van der Waals surface area contributed by atoms with Crippen LogP contribution in [0.2, 0.25) is 0 Å². The van der Waals surface area contributed by atoms with Crippen LogP contribution in [-0.2, 0) is 16.2 Å². The number of carbonyl (C=O) groups is 2. The lowest BCUT2D eigenvalue weighted by atomic mass is 9.84. The van der Waals surface area contributed by atoms with Gasteiger partial charge in [-0.2, -0.15) is 13.2 Å². The number of fused-ring (bicyclic) bond motifs is 2. The molecular weight excluding hydrogens is 419 g/mol. The summed E-state index contributed by atoms with van der Waals surface area (Å²) in [4.78, 5) is 25.0. The maximum Gasteiger partial charge on any atom is 0.416 e. The van der Waals surface area contributed by atoms with E-state index in [1.807, 2.05) is 0 Å². The van der Waals surface area contributed by atoms with E-state index in [1.54, 1.807) is 12.1 Å². The first-order chi connectivity index (χ1) is 14.1. The van der Waals surface area contributed by atoms with Crippen molar-refractivity contribution >= 4 is 27.3 Å². The molecule has 5 nitrogen and oxygen atoms in total. The third kappa shape index (κ3) is 3.37. The normalized spacial score (nSPS) is 13.6. The summed E-state index contributed by atoms with van der Waals surface area (Å²) in [6.45, 7) is 0. The average molecular weight is 431 g/mol. The number of sulfonamides is 1. The first-order valence-electron chi connectivity index (χ1n) is 8.60. The molecule has 1 aliphatic carbocycles. The van der Waals surface area contributed by atoms with Crippen LogP contribution in [-0.4, -0.2) is 20.0 Å². The summed E-state index contributed by atoms with van der Waals surface area (Å²) in [5.41, 5.74) is -0.911. The monoisotopic (exact) mass is 431 g/mol. The minimum Gasteiger partial charge on any atom is -0.289 e. The van der Waals surface area contributed by atoms with E-state index in [1.165, 1.54) is 24.3 Å². The van der Waals surface area contributed by atoms with E-state index in [4.69, 9.17) is 0 Å². The average Bonchev–Trinajstić information content (AvgIpc) is 2.71. The van der Waals surface area contributed by atoms with Crippen molar-refractivity contribution in [2.75, 3.05) is 4.72 Å². The van der Waals surface area contributed by atoms with Crippen molar-refractivity contribution in [2.24, 2.45) is 0 Å². The van der Waals surface area contributed by atoms with Gasteiger partial charge in [0.1, 0.15) is 0 Å². The molecule has 0 heterocycles. The van der Waals surface area contributed by atoms with Crippen molar-refractivity contribution in [1.82, 2.24) is 0 Å². The topological polar surface area (TPSA) is 80.3 Å². The van der Waals surface area contributed by atoms with E-state index in [2.05, 4.69) is 4.72 Å². The highest BCUT2D eigenvalue weighted by atomic mass is 32.2. The predicted molar refractivity (Wildman–Crippen MR) is 102 cm³/mol. The lowest BCUT2D eigenvalue weighted by Crippen LogP contribution is -2.22. The fourth-order valence-corrected chi connectivity index (χ4v) is 4.29. The molecular formula is C21H12F3NO4S. The Kier molecular flexibility index (Phi) is 4.50. The number of carbonyl (C=O) groups excluding carboxylic acids is 2. The van der Waals surface area contributed by atoms with Gasteiger partial charge in [-0.15, -0.1) is 0 Å². The van der Waals surface area contributed by atoms with Gasteiger partial charge < -0.3 is 0 Å². The Morgan fingerprint density at radius 1 is 0.700 bits per heavy atom. The number of alkyl halides is 3. The molecule has 1 aliphatic rings. The van der Waals surface area contributed by atoms with Gasteiger partial charge in [0, 0.05) is 27.9 Å². The SMILES string of the molecule is O=C1c2ccccc2C(=O)c2cc(S(=O)(=O)Nc3cccc(C(F)(F)F)c3)ccc21. The maximum atomic E-state index is 12.9. The van der Waals surface area contributed by atoms with Crippen LogP contribution in [0.15, 0.2) is 71.6 Å². The molecule has 0 saturated heterocycles. The molecule has 0 unspecified atom stereocenters. The Morgan fingerprint density at radius 2 is 1.30 bits per heavy atom. The van der Waals surface area contributed by atoms with Crippen LogP contribution in [0.5, 0.6) is 0 Å². The summed E-state index contributed by atoms with van der Waals surface area (Å²) < 4.78 is 66.1. The van der Waals surface area contributed by atoms with Gasteiger partial charge in [-0.25, -0.2) is 8.42 Å². The van der Waals surface area contributed by atoms with Crippen LogP contribution in [0.1, 0.15) is 37.4 Å². The van der Waals surface area contributed by atoms with E-state index in [9.17, 15) is 31.2 Å². The summed E-state index contributed by atoms with van der Waals surface area (Å²) in [5.74, 6) is -0.911. The van der Waals surface area contributed by atoms with Gasteiger partial charge in [0.25, 0.3) is 10.0 Å². The first-order valence-corrected chi connectivity index (χ1v) is 10.1. The van der Waals surface area contributed by atoms with Gasteiger partial charge in [0.05, 0.1) is 10.5 Å². The molecule has 152 valence electrons. The van der Waals surface area contributed by atoms with Crippen molar-refractivity contribution < 1.29 is 31.2 Å². The fraction of sp³-hybridized carbons (Fsp3) is 0.0476. The largest absolute Gasteiger partial charge is 0.416 e. The Labute approximate surface area is 169 Å². The highest BCUT2D eigenvalue weighted by molar-refractivity contribution is 7.92. The molecule has 1 N–H and O–H groups in total. The molecule has 0 aliphatic heterocycles. The number of benzene rings is 3. The Hall–Kier alpha value is -3.46. The molecule has 4 rings (SSSR count). The van der Waals surface area contributed by atoms with Crippen molar-refractivity contribution in [3.05, 3.63) is 94.5 Å². The Bertz CT molecular complexity index is 1310. The quantitative estimate of drug-likeness (QED) is 0.525. The number of hydrogen-bond donors (Lipinski definition) is 1. The molecule has 3 aromatic rings.